The van der Waals surface area contributed by atoms with E-state index in [1.807, 2.05) is 6.07 Å². The molecule has 0 aliphatic rings. The minimum absolute atomic E-state index is 0. The van der Waals surface area contributed by atoms with Crippen LogP contribution in [0.3, 0.4) is 0 Å². The van der Waals surface area contributed by atoms with Crippen molar-refractivity contribution in [1.29, 1.82) is 0 Å². The van der Waals surface area contributed by atoms with Crippen molar-refractivity contribution in [3.05, 3.63) is 28.7 Å². The SMILES string of the molecule is B.CP(C)c1ccccc1Br. The topological polar surface area (TPSA) is 0 Å². The highest BCUT2D eigenvalue weighted by Gasteiger charge is 2.00. The minimum atomic E-state index is 0. The van der Waals surface area contributed by atoms with Crippen LogP contribution in [0.15, 0.2) is 28.7 Å². The van der Waals surface area contributed by atoms with E-state index in [-0.39, 0.29) is 16.3 Å². The van der Waals surface area contributed by atoms with Crippen LogP contribution in [0.2, 0.25) is 0 Å². The molecule has 0 fully saturated rings. The molecule has 1 aromatic rings. The molecule has 0 atom stereocenters. The van der Waals surface area contributed by atoms with E-state index in [2.05, 4.69) is 47.5 Å². The van der Waals surface area contributed by atoms with Gasteiger partial charge in [0.2, 0.25) is 0 Å². The van der Waals surface area contributed by atoms with Crippen LogP contribution in [-0.2, 0) is 0 Å². The Kier molecular flexibility index (Phi) is 5.04. The van der Waals surface area contributed by atoms with Gasteiger partial charge in [-0.1, -0.05) is 42.1 Å². The summed E-state index contributed by atoms with van der Waals surface area (Å²) in [5, 5.41) is 1.44. The summed E-state index contributed by atoms with van der Waals surface area (Å²) >= 11 is 3.51. The second-order valence-electron chi connectivity index (χ2n) is 2.35. The van der Waals surface area contributed by atoms with Crippen LogP contribution in [0.25, 0.3) is 0 Å². The van der Waals surface area contributed by atoms with Gasteiger partial charge in [0.05, 0.1) is 8.41 Å². The molecule has 0 heterocycles. The average molecular weight is 231 g/mol. The number of benzene rings is 1. The molecule has 11 heavy (non-hydrogen) atoms. The lowest BCUT2D eigenvalue weighted by Crippen LogP contribution is -1.99. The summed E-state index contributed by atoms with van der Waals surface area (Å²) in [6.07, 6.45) is 0. The van der Waals surface area contributed by atoms with Gasteiger partial charge in [0.25, 0.3) is 0 Å². The van der Waals surface area contributed by atoms with E-state index in [1.165, 1.54) is 9.78 Å². The summed E-state index contributed by atoms with van der Waals surface area (Å²) in [5.74, 6) is 0. The Labute approximate surface area is 79.9 Å². The molecule has 0 aliphatic carbocycles. The Bertz CT molecular complexity index is 225. The van der Waals surface area contributed by atoms with Gasteiger partial charge in [-0.05, 0) is 24.7 Å². The van der Waals surface area contributed by atoms with E-state index >= 15 is 0 Å². The lowest BCUT2D eigenvalue weighted by atomic mass is 10.4. The van der Waals surface area contributed by atoms with Gasteiger partial charge in [0, 0.05) is 4.47 Å². The molecule has 0 radical (unpaired) electrons. The van der Waals surface area contributed by atoms with Crippen molar-refractivity contribution in [2.75, 3.05) is 13.3 Å². The molecule has 1 aromatic carbocycles. The highest BCUT2D eigenvalue weighted by Crippen LogP contribution is 2.27. The average Bonchev–Trinajstić information content (AvgIpc) is 1.88. The van der Waals surface area contributed by atoms with Crippen molar-refractivity contribution < 1.29 is 0 Å². The molecule has 0 amide bonds. The molecule has 0 unspecified atom stereocenters. The molecule has 0 aliphatic heterocycles. The molecule has 0 nitrogen and oxygen atoms in total. The molecular weight excluding hydrogens is 218 g/mol. The molecule has 0 saturated carbocycles. The van der Waals surface area contributed by atoms with Gasteiger partial charge in [-0.2, -0.15) is 0 Å². The largest absolute Gasteiger partial charge is 0.0814 e. The summed E-state index contributed by atoms with van der Waals surface area (Å²) in [5.41, 5.74) is 0. The van der Waals surface area contributed by atoms with Gasteiger partial charge >= 0.3 is 0 Å². The normalized spacial score (nSPS) is 9.45. The van der Waals surface area contributed by atoms with Gasteiger partial charge in [-0.3, -0.25) is 0 Å². The third-order valence-corrected chi connectivity index (χ3v) is 3.69. The zero-order chi connectivity index (χ0) is 7.56. The molecule has 0 spiro atoms. The van der Waals surface area contributed by atoms with Gasteiger partial charge in [0.15, 0.2) is 0 Å². The quantitative estimate of drug-likeness (QED) is 0.509. The number of rotatable bonds is 1. The summed E-state index contributed by atoms with van der Waals surface area (Å²) in [6, 6.07) is 8.41. The van der Waals surface area contributed by atoms with E-state index in [1.54, 1.807) is 0 Å². The minimum Gasteiger partial charge on any atom is -0.0805 e. The van der Waals surface area contributed by atoms with Crippen molar-refractivity contribution >= 4 is 37.6 Å². The van der Waals surface area contributed by atoms with Crippen molar-refractivity contribution in [3.8, 4) is 0 Å². The zero-order valence-electron chi connectivity index (χ0n) is 6.13. The third-order valence-electron chi connectivity index (χ3n) is 1.33. The van der Waals surface area contributed by atoms with Crippen LogP contribution >= 0.6 is 23.9 Å². The molecule has 0 aromatic heterocycles. The van der Waals surface area contributed by atoms with Crippen LogP contribution in [0.1, 0.15) is 0 Å². The lowest BCUT2D eigenvalue weighted by Gasteiger charge is -2.06. The Morgan fingerprint density at radius 3 is 2.09 bits per heavy atom. The van der Waals surface area contributed by atoms with E-state index in [0.29, 0.717) is 0 Å². The van der Waals surface area contributed by atoms with Crippen LogP contribution in [0.4, 0.5) is 0 Å². The molecule has 1 rings (SSSR count). The maximum Gasteiger partial charge on any atom is 0.0814 e. The van der Waals surface area contributed by atoms with Crippen molar-refractivity contribution in [2.24, 2.45) is 0 Å². The van der Waals surface area contributed by atoms with E-state index in [9.17, 15) is 0 Å². The summed E-state index contributed by atoms with van der Waals surface area (Å²) in [6.45, 7) is 4.52. The molecule has 3 heteroatoms. The van der Waals surface area contributed by atoms with Crippen LogP contribution in [0, 0.1) is 0 Å². The van der Waals surface area contributed by atoms with E-state index in [0.717, 1.165) is 0 Å². The first-order valence-corrected chi connectivity index (χ1v) is 6.16. The first-order chi connectivity index (χ1) is 4.72. The Morgan fingerprint density at radius 1 is 1.18 bits per heavy atom. The maximum atomic E-state index is 3.51. The fourth-order valence-corrected chi connectivity index (χ4v) is 3.05. The fraction of sp³-hybridized carbons (Fsp3) is 0.250. The van der Waals surface area contributed by atoms with Crippen LogP contribution in [-0.4, -0.2) is 21.7 Å². The van der Waals surface area contributed by atoms with Crippen molar-refractivity contribution in [2.45, 2.75) is 0 Å². The molecule has 0 bridgehead atoms. The Balaban J connectivity index is 0.000001000. The second kappa shape index (κ2) is 4.95. The van der Waals surface area contributed by atoms with Gasteiger partial charge < -0.3 is 0 Å². The zero-order valence-corrected chi connectivity index (χ0v) is 8.62. The molecular formula is C8H13BBrP. The summed E-state index contributed by atoms with van der Waals surface area (Å²) in [4.78, 5) is 0. The van der Waals surface area contributed by atoms with Crippen LogP contribution in [0.5, 0.6) is 0 Å². The molecule has 0 N–H and O–H groups in total. The summed E-state index contributed by atoms with van der Waals surface area (Å²) < 4.78 is 1.24. The second-order valence-corrected chi connectivity index (χ2v) is 5.47. The smallest absolute Gasteiger partial charge is 0.0805 e. The first kappa shape index (κ1) is 11.2. The molecule has 0 saturated heterocycles. The van der Waals surface area contributed by atoms with E-state index in [4.69, 9.17) is 0 Å². The Morgan fingerprint density at radius 2 is 1.73 bits per heavy atom. The predicted octanol–water partition coefficient (Wildman–Crippen LogP) is 1.63. The predicted molar refractivity (Wildman–Crippen MR) is 62.5 cm³/mol. The number of halogens is 1. The van der Waals surface area contributed by atoms with Crippen LogP contribution < -0.4 is 5.30 Å². The molecule has 60 valence electrons. The highest BCUT2D eigenvalue weighted by molar-refractivity contribution is 9.10. The standard InChI is InChI=1S/C8H10BrP.BH3/c1-10(2)8-6-4-3-5-7(8)9;/h3-6H,1-2H3;1H3. The summed E-state index contributed by atoms with van der Waals surface area (Å²) in [7, 11) is 0.0367. The third kappa shape index (κ3) is 2.97. The highest BCUT2D eigenvalue weighted by atomic mass is 79.9. The van der Waals surface area contributed by atoms with Crippen molar-refractivity contribution in [3.63, 3.8) is 0 Å². The van der Waals surface area contributed by atoms with Gasteiger partial charge in [0.1, 0.15) is 0 Å². The number of hydrogen-bond acceptors (Lipinski definition) is 0. The monoisotopic (exact) mass is 230 g/mol. The first-order valence-electron chi connectivity index (χ1n) is 3.13. The fourth-order valence-electron chi connectivity index (χ4n) is 0.814. The number of hydrogen-bond donors (Lipinski definition) is 0. The van der Waals surface area contributed by atoms with E-state index < -0.39 is 0 Å². The Hall–Kier alpha value is 0.195. The van der Waals surface area contributed by atoms with Crippen molar-refractivity contribution in [1.82, 2.24) is 0 Å². The lowest BCUT2D eigenvalue weighted by molar-refractivity contribution is 1.71. The van der Waals surface area contributed by atoms with Gasteiger partial charge in [-0.25, -0.2) is 0 Å². The maximum absolute atomic E-state index is 3.51. The van der Waals surface area contributed by atoms with Gasteiger partial charge in [-0.15, -0.1) is 0 Å².